The third kappa shape index (κ3) is 17.4. The van der Waals surface area contributed by atoms with E-state index in [4.69, 9.17) is 9.47 Å². The van der Waals surface area contributed by atoms with Crippen LogP contribution in [0.2, 0.25) is 0 Å². The highest BCUT2D eigenvalue weighted by Crippen LogP contribution is 2.06. The first kappa shape index (κ1) is 20.7. The zero-order valence-electron chi connectivity index (χ0n) is 12.5. The van der Waals surface area contributed by atoms with E-state index in [1.807, 2.05) is 0 Å². The number of hydrogen-bond donors (Lipinski definition) is 0. The molecule has 0 aromatic rings. The van der Waals surface area contributed by atoms with Gasteiger partial charge in [-0.3, -0.25) is 4.79 Å². The van der Waals surface area contributed by atoms with E-state index in [9.17, 15) is 4.79 Å². The highest BCUT2D eigenvalue weighted by Gasteiger charge is 2.03. The first-order valence-corrected chi connectivity index (χ1v) is 7.25. The van der Waals surface area contributed by atoms with E-state index in [-0.39, 0.29) is 13.4 Å². The molecule has 0 aliphatic carbocycles. The maximum atomic E-state index is 11.3. The van der Waals surface area contributed by atoms with Crippen molar-refractivity contribution in [3.8, 4) is 0 Å². The zero-order chi connectivity index (χ0) is 13.8. The summed E-state index contributed by atoms with van der Waals surface area (Å²) < 4.78 is 10.5. The molecule has 0 bridgehead atoms. The Morgan fingerprint density at radius 1 is 0.895 bits per heavy atom. The fourth-order valence-corrected chi connectivity index (χ4v) is 1.64. The fraction of sp³-hybridized carbons (Fsp3) is 0.938. The minimum Gasteiger partial charge on any atom is -0.463 e. The molecule has 0 amide bonds. The van der Waals surface area contributed by atoms with Crippen molar-refractivity contribution in [1.82, 2.24) is 0 Å². The van der Waals surface area contributed by atoms with Crippen LogP contribution >= 0.6 is 0 Å². The third-order valence-electron chi connectivity index (χ3n) is 2.72. The number of ether oxygens (including phenoxy) is 2. The van der Waals surface area contributed by atoms with Crippen molar-refractivity contribution in [2.45, 2.75) is 67.2 Å². The van der Waals surface area contributed by atoms with Gasteiger partial charge in [0.2, 0.25) is 0 Å². The van der Waals surface area contributed by atoms with Crippen molar-refractivity contribution >= 4 is 5.97 Å². The van der Waals surface area contributed by atoms with E-state index < -0.39 is 0 Å². The fourth-order valence-electron chi connectivity index (χ4n) is 1.64. The van der Waals surface area contributed by atoms with E-state index in [0.29, 0.717) is 25.6 Å². The van der Waals surface area contributed by atoms with E-state index in [1.54, 1.807) is 0 Å². The molecule has 3 heteroatoms. The Morgan fingerprint density at radius 2 is 1.47 bits per heavy atom. The molecule has 0 atom stereocenters. The summed E-state index contributed by atoms with van der Waals surface area (Å²) in [4.78, 5) is 11.3. The normalized spacial score (nSPS) is 10.6. The van der Waals surface area contributed by atoms with Crippen LogP contribution in [0, 0.1) is 11.8 Å². The van der Waals surface area contributed by atoms with Crippen molar-refractivity contribution in [1.29, 1.82) is 0 Å². The van der Waals surface area contributed by atoms with Gasteiger partial charge in [0.1, 0.15) is 6.61 Å². The van der Waals surface area contributed by atoms with Gasteiger partial charge in [0.05, 0.1) is 6.61 Å². The summed E-state index contributed by atoms with van der Waals surface area (Å²) in [5, 5.41) is 0. The molecule has 0 saturated heterocycles. The van der Waals surface area contributed by atoms with Crippen LogP contribution in [-0.2, 0) is 14.3 Å². The lowest BCUT2D eigenvalue weighted by atomic mass is 10.1. The molecule has 0 N–H and O–H groups in total. The lowest BCUT2D eigenvalue weighted by Crippen LogP contribution is -2.11. The minimum absolute atomic E-state index is 0. The van der Waals surface area contributed by atoms with Crippen LogP contribution in [-0.4, -0.2) is 25.8 Å². The van der Waals surface area contributed by atoms with Crippen LogP contribution in [0.4, 0.5) is 0 Å². The van der Waals surface area contributed by atoms with Gasteiger partial charge in [-0.2, -0.15) is 0 Å². The maximum Gasteiger partial charge on any atom is 0.305 e. The lowest BCUT2D eigenvalue weighted by Gasteiger charge is -2.07. The second kappa shape index (κ2) is 13.9. The first-order chi connectivity index (χ1) is 8.52. The van der Waals surface area contributed by atoms with E-state index >= 15 is 0 Å². The molecule has 0 fully saturated rings. The van der Waals surface area contributed by atoms with E-state index in [1.165, 1.54) is 6.42 Å². The van der Waals surface area contributed by atoms with E-state index in [0.717, 1.165) is 31.8 Å². The molecular weight excluding hydrogens is 240 g/mol. The Bertz CT molecular complexity index is 200. The number of carbonyl (C=O) groups is 1. The summed E-state index contributed by atoms with van der Waals surface area (Å²) in [7, 11) is 0. The predicted octanol–water partition coefficient (Wildman–Crippen LogP) is 4.44. The van der Waals surface area contributed by atoms with Gasteiger partial charge in [-0.1, -0.05) is 41.5 Å². The standard InChI is InChI=1S/C15H30O3.CH4/c1-13(2)7-5-9-15(16)18-12-11-17-10-6-8-14(3)4;/h13-14H,5-12H2,1-4H3;1H4. The molecule has 116 valence electrons. The van der Waals surface area contributed by atoms with Gasteiger partial charge < -0.3 is 9.47 Å². The molecule has 0 aromatic heterocycles. The van der Waals surface area contributed by atoms with Crippen molar-refractivity contribution in [3.63, 3.8) is 0 Å². The largest absolute Gasteiger partial charge is 0.463 e. The molecule has 0 rings (SSSR count). The van der Waals surface area contributed by atoms with Gasteiger partial charge >= 0.3 is 5.97 Å². The van der Waals surface area contributed by atoms with Gasteiger partial charge in [0.25, 0.3) is 0 Å². The average Bonchev–Trinajstić information content (AvgIpc) is 2.26. The lowest BCUT2D eigenvalue weighted by molar-refractivity contribution is -0.145. The van der Waals surface area contributed by atoms with Gasteiger partial charge in [0, 0.05) is 13.0 Å². The quantitative estimate of drug-likeness (QED) is 0.412. The molecular formula is C16H34O3. The highest BCUT2D eigenvalue weighted by atomic mass is 16.6. The monoisotopic (exact) mass is 274 g/mol. The van der Waals surface area contributed by atoms with Crippen LogP contribution in [0.3, 0.4) is 0 Å². The summed E-state index contributed by atoms with van der Waals surface area (Å²) in [5.41, 5.74) is 0. The summed E-state index contributed by atoms with van der Waals surface area (Å²) in [6.07, 6.45) is 4.81. The van der Waals surface area contributed by atoms with Crippen LogP contribution in [0.5, 0.6) is 0 Å². The van der Waals surface area contributed by atoms with Crippen LogP contribution < -0.4 is 0 Å². The third-order valence-corrected chi connectivity index (χ3v) is 2.72. The number of esters is 1. The van der Waals surface area contributed by atoms with Crippen LogP contribution in [0.15, 0.2) is 0 Å². The summed E-state index contributed by atoms with van der Waals surface area (Å²) >= 11 is 0. The Hall–Kier alpha value is -0.570. The predicted molar refractivity (Wildman–Crippen MR) is 81.3 cm³/mol. The second-order valence-electron chi connectivity index (χ2n) is 5.65. The molecule has 19 heavy (non-hydrogen) atoms. The Balaban J connectivity index is 0. The molecule has 0 spiro atoms. The second-order valence-corrected chi connectivity index (χ2v) is 5.65. The van der Waals surface area contributed by atoms with E-state index in [2.05, 4.69) is 27.7 Å². The Labute approximate surface area is 120 Å². The number of carbonyl (C=O) groups excluding carboxylic acids is 1. The van der Waals surface area contributed by atoms with Crippen LogP contribution in [0.1, 0.15) is 67.2 Å². The SMILES string of the molecule is C.CC(C)CCCOCCOC(=O)CCCC(C)C. The van der Waals surface area contributed by atoms with Crippen molar-refractivity contribution < 1.29 is 14.3 Å². The smallest absolute Gasteiger partial charge is 0.305 e. The zero-order valence-corrected chi connectivity index (χ0v) is 12.5. The van der Waals surface area contributed by atoms with Gasteiger partial charge in [-0.05, 0) is 31.1 Å². The van der Waals surface area contributed by atoms with Crippen molar-refractivity contribution in [3.05, 3.63) is 0 Å². The summed E-state index contributed by atoms with van der Waals surface area (Å²) in [6, 6.07) is 0. The number of hydrogen-bond acceptors (Lipinski definition) is 3. The van der Waals surface area contributed by atoms with Gasteiger partial charge in [0.15, 0.2) is 0 Å². The molecule has 0 aromatic carbocycles. The van der Waals surface area contributed by atoms with Gasteiger partial charge in [-0.25, -0.2) is 0 Å². The molecule has 0 radical (unpaired) electrons. The highest BCUT2D eigenvalue weighted by molar-refractivity contribution is 5.69. The molecule has 0 saturated carbocycles. The maximum absolute atomic E-state index is 11.3. The molecule has 3 nitrogen and oxygen atoms in total. The van der Waals surface area contributed by atoms with Gasteiger partial charge in [-0.15, -0.1) is 0 Å². The summed E-state index contributed by atoms with van der Waals surface area (Å²) in [6.45, 7) is 10.4. The van der Waals surface area contributed by atoms with Crippen LogP contribution in [0.25, 0.3) is 0 Å². The van der Waals surface area contributed by atoms with Crippen molar-refractivity contribution in [2.24, 2.45) is 11.8 Å². The molecule has 0 aliphatic heterocycles. The number of rotatable bonds is 11. The summed E-state index contributed by atoms with van der Waals surface area (Å²) in [5.74, 6) is 1.29. The Morgan fingerprint density at radius 3 is 2.05 bits per heavy atom. The first-order valence-electron chi connectivity index (χ1n) is 7.25. The minimum atomic E-state index is -0.0959. The molecule has 0 aliphatic rings. The Kier molecular flexibility index (Phi) is 15.1. The molecule has 0 unspecified atom stereocenters. The molecule has 0 heterocycles. The van der Waals surface area contributed by atoms with Crippen molar-refractivity contribution in [2.75, 3.05) is 19.8 Å². The topological polar surface area (TPSA) is 35.5 Å². The average molecular weight is 274 g/mol.